The van der Waals surface area contributed by atoms with E-state index >= 15 is 0 Å². The molecule has 98 valence electrons. The number of esters is 1. The zero-order valence-corrected chi connectivity index (χ0v) is 11.1. The summed E-state index contributed by atoms with van der Waals surface area (Å²) in [6.07, 6.45) is 5.50. The van der Waals surface area contributed by atoms with Crippen LogP contribution >= 0.6 is 0 Å². The van der Waals surface area contributed by atoms with Crippen molar-refractivity contribution in [3.8, 4) is 0 Å². The lowest BCUT2D eigenvalue weighted by molar-refractivity contribution is 0.0526. The van der Waals surface area contributed by atoms with Gasteiger partial charge in [0.25, 0.3) is 0 Å². The Morgan fingerprint density at radius 1 is 1.56 bits per heavy atom. The molecule has 0 radical (unpaired) electrons. The molecule has 0 N–H and O–H groups in total. The Kier molecular flexibility index (Phi) is 5.91. The van der Waals surface area contributed by atoms with Crippen LogP contribution in [0, 0.1) is 0 Å². The van der Waals surface area contributed by atoms with Gasteiger partial charge in [-0.05, 0) is 31.9 Å². The normalized spacial score (nSPS) is 9.89. The summed E-state index contributed by atoms with van der Waals surface area (Å²) in [4.78, 5) is 17.8. The number of hydrogen-bond donors (Lipinski definition) is 0. The summed E-state index contributed by atoms with van der Waals surface area (Å²) >= 11 is 0. The van der Waals surface area contributed by atoms with Crippen LogP contribution < -0.4 is 4.90 Å². The smallest absolute Gasteiger partial charge is 0.339 e. The van der Waals surface area contributed by atoms with Crippen LogP contribution in [0.25, 0.3) is 0 Å². The SMILES string of the molecule is C=CCCCN(C)c1ccc(C(=O)OCC)cn1. The number of nitrogens with zero attached hydrogens (tertiary/aromatic N) is 2. The minimum absolute atomic E-state index is 0.328. The number of unbranched alkanes of at least 4 members (excludes halogenated alkanes) is 1. The maximum absolute atomic E-state index is 11.4. The molecule has 0 aliphatic heterocycles. The summed E-state index contributed by atoms with van der Waals surface area (Å²) < 4.78 is 4.90. The van der Waals surface area contributed by atoms with Gasteiger partial charge in [0.1, 0.15) is 5.82 Å². The predicted molar refractivity (Wildman–Crippen MR) is 72.9 cm³/mol. The lowest BCUT2D eigenvalue weighted by Gasteiger charge is -2.17. The first-order valence-electron chi connectivity index (χ1n) is 6.14. The number of allylic oxidation sites excluding steroid dienone is 1. The number of pyridine rings is 1. The first-order chi connectivity index (χ1) is 8.69. The fraction of sp³-hybridized carbons (Fsp3) is 0.429. The first-order valence-corrected chi connectivity index (χ1v) is 6.14. The molecule has 4 heteroatoms. The molecule has 0 unspecified atom stereocenters. The maximum Gasteiger partial charge on any atom is 0.339 e. The Balaban J connectivity index is 2.58. The minimum Gasteiger partial charge on any atom is -0.462 e. The van der Waals surface area contributed by atoms with E-state index in [9.17, 15) is 4.79 Å². The number of rotatable bonds is 7. The molecule has 1 rings (SSSR count). The van der Waals surface area contributed by atoms with Crippen LogP contribution in [0.5, 0.6) is 0 Å². The fourth-order valence-corrected chi connectivity index (χ4v) is 1.53. The second-order valence-electron chi connectivity index (χ2n) is 3.98. The molecular formula is C14H20N2O2. The van der Waals surface area contributed by atoms with Gasteiger partial charge in [-0.2, -0.15) is 0 Å². The van der Waals surface area contributed by atoms with Crippen molar-refractivity contribution < 1.29 is 9.53 Å². The molecule has 0 aliphatic carbocycles. The quantitative estimate of drug-likeness (QED) is 0.422. The molecular weight excluding hydrogens is 228 g/mol. The first kappa shape index (κ1) is 14.2. The predicted octanol–water partition coefficient (Wildman–Crippen LogP) is 2.66. The van der Waals surface area contributed by atoms with Crippen molar-refractivity contribution >= 4 is 11.8 Å². The molecule has 0 saturated carbocycles. The van der Waals surface area contributed by atoms with E-state index in [0.717, 1.165) is 25.2 Å². The van der Waals surface area contributed by atoms with Gasteiger partial charge >= 0.3 is 5.97 Å². The molecule has 0 bridgehead atoms. The van der Waals surface area contributed by atoms with Gasteiger partial charge in [-0.15, -0.1) is 6.58 Å². The highest BCUT2D eigenvalue weighted by Gasteiger charge is 2.08. The van der Waals surface area contributed by atoms with Gasteiger partial charge in [-0.25, -0.2) is 9.78 Å². The molecule has 18 heavy (non-hydrogen) atoms. The molecule has 0 amide bonds. The molecule has 0 spiro atoms. The molecule has 0 atom stereocenters. The zero-order valence-electron chi connectivity index (χ0n) is 11.1. The summed E-state index contributed by atoms with van der Waals surface area (Å²) in [5.74, 6) is 0.526. The molecule has 0 aromatic carbocycles. The third-order valence-corrected chi connectivity index (χ3v) is 2.55. The summed E-state index contributed by atoms with van der Waals surface area (Å²) in [5.41, 5.74) is 0.486. The third-order valence-electron chi connectivity index (χ3n) is 2.55. The van der Waals surface area contributed by atoms with Crippen LogP contribution in [0.15, 0.2) is 31.0 Å². The van der Waals surface area contributed by atoms with Gasteiger partial charge in [0.2, 0.25) is 0 Å². The molecule has 1 aromatic rings. The van der Waals surface area contributed by atoms with Crippen LogP contribution in [-0.2, 0) is 4.74 Å². The van der Waals surface area contributed by atoms with Crippen molar-refractivity contribution in [2.45, 2.75) is 19.8 Å². The number of hydrogen-bond acceptors (Lipinski definition) is 4. The van der Waals surface area contributed by atoms with E-state index in [-0.39, 0.29) is 5.97 Å². The number of ether oxygens (including phenoxy) is 1. The second kappa shape index (κ2) is 7.48. The number of carbonyl (C=O) groups excluding carboxylic acids is 1. The van der Waals surface area contributed by atoms with E-state index in [1.807, 2.05) is 19.2 Å². The van der Waals surface area contributed by atoms with Gasteiger partial charge in [-0.1, -0.05) is 6.08 Å². The average molecular weight is 248 g/mol. The van der Waals surface area contributed by atoms with Gasteiger partial charge < -0.3 is 9.64 Å². The van der Waals surface area contributed by atoms with Crippen molar-refractivity contribution in [3.63, 3.8) is 0 Å². The zero-order chi connectivity index (χ0) is 13.4. The number of carbonyl (C=O) groups is 1. The van der Waals surface area contributed by atoms with E-state index in [1.54, 1.807) is 19.2 Å². The molecule has 1 heterocycles. The molecule has 4 nitrogen and oxygen atoms in total. The monoisotopic (exact) mass is 248 g/mol. The van der Waals surface area contributed by atoms with Gasteiger partial charge in [0.15, 0.2) is 0 Å². The van der Waals surface area contributed by atoms with E-state index < -0.39 is 0 Å². The minimum atomic E-state index is -0.328. The molecule has 0 fully saturated rings. The van der Waals surface area contributed by atoms with Crippen molar-refractivity contribution in [1.82, 2.24) is 4.98 Å². The maximum atomic E-state index is 11.4. The lowest BCUT2D eigenvalue weighted by atomic mass is 10.2. The number of aromatic nitrogens is 1. The Morgan fingerprint density at radius 3 is 2.89 bits per heavy atom. The highest BCUT2D eigenvalue weighted by atomic mass is 16.5. The Bertz CT molecular complexity index is 387. The molecule has 0 saturated heterocycles. The summed E-state index contributed by atoms with van der Waals surface area (Å²) in [7, 11) is 1.98. The summed E-state index contributed by atoms with van der Waals surface area (Å²) in [5, 5.41) is 0. The van der Waals surface area contributed by atoms with Crippen LogP contribution in [0.2, 0.25) is 0 Å². The standard InChI is InChI=1S/C14H20N2O2/c1-4-6-7-10-16(3)13-9-8-12(11-15-13)14(17)18-5-2/h4,8-9,11H,1,5-7,10H2,2-3H3. The Morgan fingerprint density at radius 2 is 2.33 bits per heavy atom. The highest BCUT2D eigenvalue weighted by molar-refractivity contribution is 5.89. The van der Waals surface area contributed by atoms with Crippen molar-refractivity contribution in [1.29, 1.82) is 0 Å². The van der Waals surface area contributed by atoms with Crippen LogP contribution in [0.3, 0.4) is 0 Å². The van der Waals surface area contributed by atoms with Gasteiger partial charge in [0.05, 0.1) is 12.2 Å². The van der Waals surface area contributed by atoms with E-state index in [4.69, 9.17) is 4.74 Å². The number of anilines is 1. The van der Waals surface area contributed by atoms with Crippen LogP contribution in [0.1, 0.15) is 30.1 Å². The second-order valence-corrected chi connectivity index (χ2v) is 3.98. The Labute approximate surface area is 108 Å². The van der Waals surface area contributed by atoms with Crippen molar-refractivity contribution in [2.75, 3.05) is 25.1 Å². The van der Waals surface area contributed by atoms with E-state index in [2.05, 4.69) is 16.5 Å². The summed E-state index contributed by atoms with van der Waals surface area (Å²) in [6, 6.07) is 3.57. The van der Waals surface area contributed by atoms with Gasteiger partial charge in [0, 0.05) is 19.8 Å². The fourth-order valence-electron chi connectivity index (χ4n) is 1.53. The largest absolute Gasteiger partial charge is 0.462 e. The third kappa shape index (κ3) is 4.20. The molecule has 1 aromatic heterocycles. The molecule has 0 aliphatic rings. The van der Waals surface area contributed by atoms with E-state index in [1.165, 1.54) is 0 Å². The van der Waals surface area contributed by atoms with Gasteiger partial charge in [-0.3, -0.25) is 0 Å². The van der Waals surface area contributed by atoms with Crippen LogP contribution in [-0.4, -0.2) is 31.2 Å². The topological polar surface area (TPSA) is 42.4 Å². The lowest BCUT2D eigenvalue weighted by Crippen LogP contribution is -2.19. The Hall–Kier alpha value is -1.84. The van der Waals surface area contributed by atoms with Crippen molar-refractivity contribution in [3.05, 3.63) is 36.5 Å². The van der Waals surface area contributed by atoms with Crippen LogP contribution in [0.4, 0.5) is 5.82 Å². The highest BCUT2D eigenvalue weighted by Crippen LogP contribution is 2.11. The van der Waals surface area contributed by atoms with E-state index in [0.29, 0.717) is 12.2 Å². The van der Waals surface area contributed by atoms with Crippen molar-refractivity contribution in [2.24, 2.45) is 0 Å². The average Bonchev–Trinajstić information content (AvgIpc) is 2.39. The summed E-state index contributed by atoms with van der Waals surface area (Å²) in [6.45, 7) is 6.77.